The highest BCUT2D eigenvalue weighted by Crippen LogP contribution is 2.20. The van der Waals surface area contributed by atoms with E-state index in [9.17, 15) is 4.79 Å². The van der Waals surface area contributed by atoms with Crippen molar-refractivity contribution in [1.82, 2.24) is 14.8 Å². The van der Waals surface area contributed by atoms with E-state index in [1.165, 1.54) is 0 Å². The maximum atomic E-state index is 12.7. The summed E-state index contributed by atoms with van der Waals surface area (Å²) in [6.45, 7) is 6.61. The van der Waals surface area contributed by atoms with E-state index < -0.39 is 0 Å². The molecule has 0 aliphatic carbocycles. The number of carbonyl (C=O) groups is 1. The topological polar surface area (TPSA) is 48.5 Å². The molecular weight excluding hydrogens is 368 g/mol. The number of likely N-dealkylation sites (N-methyl/N-ethyl adjacent to an activating group) is 1. The Morgan fingerprint density at radius 1 is 1.12 bits per heavy atom. The Bertz CT molecular complexity index is 696. The molecule has 3 rings (SSSR count). The van der Waals surface area contributed by atoms with Crippen molar-refractivity contribution in [2.45, 2.75) is 6.92 Å². The van der Waals surface area contributed by atoms with E-state index >= 15 is 0 Å². The molecule has 126 valence electrons. The summed E-state index contributed by atoms with van der Waals surface area (Å²) >= 11 is 3.42. The van der Waals surface area contributed by atoms with Crippen molar-refractivity contribution < 1.29 is 4.79 Å². The van der Waals surface area contributed by atoms with E-state index in [-0.39, 0.29) is 5.91 Å². The molecule has 1 saturated heterocycles. The van der Waals surface area contributed by atoms with Gasteiger partial charge in [-0.15, -0.1) is 0 Å². The summed E-state index contributed by atoms with van der Waals surface area (Å²) in [5.41, 5.74) is 2.40. The van der Waals surface area contributed by atoms with E-state index in [1.54, 1.807) is 12.4 Å². The number of hydrogen-bond donors (Lipinski definition) is 1. The second kappa shape index (κ2) is 7.77. The van der Waals surface area contributed by atoms with Crippen molar-refractivity contribution in [2.75, 3.05) is 38.0 Å². The molecule has 24 heavy (non-hydrogen) atoms. The van der Waals surface area contributed by atoms with Gasteiger partial charge in [0.05, 0.1) is 17.4 Å². The lowest BCUT2D eigenvalue weighted by atomic mass is 10.2. The third-order valence-corrected chi connectivity index (χ3v) is 4.75. The van der Waals surface area contributed by atoms with Gasteiger partial charge in [0.25, 0.3) is 5.91 Å². The first-order valence-electron chi connectivity index (χ1n) is 8.15. The molecule has 2 heterocycles. The maximum Gasteiger partial charge on any atom is 0.255 e. The van der Waals surface area contributed by atoms with Gasteiger partial charge in [0.15, 0.2) is 0 Å². The average molecular weight is 389 g/mol. The van der Waals surface area contributed by atoms with Crippen LogP contribution in [0.5, 0.6) is 0 Å². The van der Waals surface area contributed by atoms with Crippen LogP contribution in [-0.2, 0) is 0 Å². The lowest BCUT2D eigenvalue weighted by molar-refractivity contribution is 0.0643. The van der Waals surface area contributed by atoms with Crippen molar-refractivity contribution >= 4 is 33.2 Å². The second-order valence-electron chi connectivity index (χ2n) is 5.82. The number of hydrogen-bond acceptors (Lipinski definition) is 4. The third-order valence-electron chi connectivity index (χ3n) is 4.22. The summed E-state index contributed by atoms with van der Waals surface area (Å²) in [6, 6.07) is 9.75. The average Bonchev–Trinajstić information content (AvgIpc) is 2.63. The zero-order valence-corrected chi connectivity index (χ0v) is 15.3. The number of aromatic nitrogens is 1. The fourth-order valence-corrected chi connectivity index (χ4v) is 3.04. The minimum atomic E-state index is 0.0534. The van der Waals surface area contributed by atoms with Gasteiger partial charge in [-0.25, -0.2) is 0 Å². The highest BCUT2D eigenvalue weighted by molar-refractivity contribution is 9.10. The van der Waals surface area contributed by atoms with Crippen LogP contribution in [0.2, 0.25) is 0 Å². The Balaban J connectivity index is 1.68. The number of pyridine rings is 1. The molecule has 1 aromatic carbocycles. The number of nitrogens with one attached hydrogen (secondary N) is 1. The minimum absolute atomic E-state index is 0.0534. The number of anilines is 2. The molecule has 0 spiro atoms. The Morgan fingerprint density at radius 2 is 1.83 bits per heavy atom. The van der Waals surface area contributed by atoms with Gasteiger partial charge in [0.1, 0.15) is 0 Å². The lowest BCUT2D eigenvalue weighted by Gasteiger charge is -2.34. The largest absolute Gasteiger partial charge is 0.354 e. The molecule has 1 amide bonds. The van der Waals surface area contributed by atoms with Crippen LogP contribution in [0.25, 0.3) is 0 Å². The predicted molar refractivity (Wildman–Crippen MR) is 99.7 cm³/mol. The number of nitrogens with zero attached hydrogens (tertiary/aromatic N) is 3. The fraction of sp³-hybridized carbons (Fsp3) is 0.333. The van der Waals surface area contributed by atoms with Crippen LogP contribution in [0.15, 0.2) is 47.2 Å². The Hall–Kier alpha value is -1.92. The Morgan fingerprint density at radius 3 is 2.50 bits per heavy atom. The van der Waals surface area contributed by atoms with Gasteiger partial charge < -0.3 is 15.1 Å². The van der Waals surface area contributed by atoms with Crippen molar-refractivity contribution in [3.63, 3.8) is 0 Å². The van der Waals surface area contributed by atoms with Gasteiger partial charge in [-0.1, -0.05) is 22.9 Å². The number of rotatable bonds is 4. The van der Waals surface area contributed by atoms with E-state index in [1.807, 2.05) is 35.2 Å². The van der Waals surface area contributed by atoms with Gasteiger partial charge in [0.2, 0.25) is 0 Å². The molecule has 1 aliphatic heterocycles. The molecule has 1 N–H and O–H groups in total. The summed E-state index contributed by atoms with van der Waals surface area (Å²) in [6.07, 6.45) is 3.37. The predicted octanol–water partition coefficient (Wildman–Crippen LogP) is 3.37. The van der Waals surface area contributed by atoms with E-state index in [4.69, 9.17) is 0 Å². The number of benzene rings is 1. The van der Waals surface area contributed by atoms with E-state index in [0.717, 1.165) is 48.6 Å². The molecule has 0 saturated carbocycles. The van der Waals surface area contributed by atoms with E-state index in [2.05, 4.69) is 38.1 Å². The van der Waals surface area contributed by atoms with Crippen molar-refractivity contribution in [2.24, 2.45) is 0 Å². The fourth-order valence-electron chi connectivity index (χ4n) is 2.77. The lowest BCUT2D eigenvalue weighted by Crippen LogP contribution is -2.48. The van der Waals surface area contributed by atoms with Gasteiger partial charge >= 0.3 is 0 Å². The molecule has 5 nitrogen and oxygen atoms in total. The number of piperazine rings is 1. The molecular formula is C18H21BrN4O. The molecule has 6 heteroatoms. The molecule has 0 bridgehead atoms. The van der Waals surface area contributed by atoms with Crippen LogP contribution >= 0.6 is 15.9 Å². The number of amides is 1. The molecule has 0 unspecified atom stereocenters. The molecule has 2 aromatic rings. The van der Waals surface area contributed by atoms with Crippen LogP contribution in [0.1, 0.15) is 17.3 Å². The summed E-state index contributed by atoms with van der Waals surface area (Å²) < 4.78 is 1.03. The number of carbonyl (C=O) groups excluding carboxylic acids is 1. The van der Waals surface area contributed by atoms with Crippen LogP contribution in [-0.4, -0.2) is 53.4 Å². The summed E-state index contributed by atoms with van der Waals surface area (Å²) in [5, 5.41) is 3.28. The minimum Gasteiger partial charge on any atom is -0.354 e. The number of halogens is 1. The van der Waals surface area contributed by atoms with Gasteiger partial charge in [-0.3, -0.25) is 9.78 Å². The molecule has 1 fully saturated rings. The Kier molecular flexibility index (Phi) is 5.48. The zero-order valence-electron chi connectivity index (χ0n) is 13.7. The first kappa shape index (κ1) is 16.9. The molecule has 0 radical (unpaired) electrons. The second-order valence-corrected chi connectivity index (χ2v) is 6.74. The van der Waals surface area contributed by atoms with Crippen LogP contribution < -0.4 is 5.32 Å². The monoisotopic (exact) mass is 388 g/mol. The van der Waals surface area contributed by atoms with Crippen molar-refractivity contribution in [3.8, 4) is 0 Å². The van der Waals surface area contributed by atoms with Gasteiger partial charge in [-0.2, -0.15) is 0 Å². The first-order valence-corrected chi connectivity index (χ1v) is 8.94. The highest BCUT2D eigenvalue weighted by atomic mass is 79.9. The molecule has 1 aliphatic rings. The summed E-state index contributed by atoms with van der Waals surface area (Å²) in [4.78, 5) is 21.2. The smallest absolute Gasteiger partial charge is 0.255 e. The standard InChI is InChI=1S/C18H21BrN4O/c1-2-22-7-9-23(10-8-22)18(24)14-11-17(13-20-12-14)21-16-5-3-15(19)4-6-16/h3-6,11-13,21H,2,7-10H2,1H3. The van der Waals surface area contributed by atoms with Crippen LogP contribution in [0, 0.1) is 0 Å². The van der Waals surface area contributed by atoms with Gasteiger partial charge in [0, 0.05) is 42.5 Å². The summed E-state index contributed by atoms with van der Waals surface area (Å²) in [5.74, 6) is 0.0534. The first-order chi connectivity index (χ1) is 11.7. The third kappa shape index (κ3) is 4.13. The van der Waals surface area contributed by atoms with Crippen molar-refractivity contribution in [3.05, 3.63) is 52.8 Å². The maximum absolute atomic E-state index is 12.7. The molecule has 0 atom stereocenters. The van der Waals surface area contributed by atoms with Crippen LogP contribution in [0.4, 0.5) is 11.4 Å². The van der Waals surface area contributed by atoms with E-state index in [0.29, 0.717) is 5.56 Å². The molecule has 1 aromatic heterocycles. The highest BCUT2D eigenvalue weighted by Gasteiger charge is 2.21. The SMILES string of the molecule is CCN1CCN(C(=O)c2cncc(Nc3ccc(Br)cc3)c2)CC1. The zero-order chi connectivity index (χ0) is 16.9. The van der Waals surface area contributed by atoms with Gasteiger partial charge in [-0.05, 0) is 36.9 Å². The van der Waals surface area contributed by atoms with Crippen LogP contribution in [0.3, 0.4) is 0 Å². The Labute approximate surface area is 150 Å². The summed E-state index contributed by atoms with van der Waals surface area (Å²) in [7, 11) is 0. The van der Waals surface area contributed by atoms with Crippen molar-refractivity contribution in [1.29, 1.82) is 0 Å². The quantitative estimate of drug-likeness (QED) is 0.871. The normalized spacial score (nSPS) is 15.3.